The number of ether oxygens (including phenoxy) is 2. The summed E-state index contributed by atoms with van der Waals surface area (Å²) in [5.41, 5.74) is 4.26. The molecular formula is C65H75FN2O6. The maximum absolute atomic E-state index is 15.3. The van der Waals surface area contributed by atoms with E-state index in [-0.39, 0.29) is 45.1 Å². The molecule has 4 N–H and O–H groups in total. The molecular weight excluding hydrogens is 924 g/mol. The van der Waals surface area contributed by atoms with Crippen molar-refractivity contribution in [2.75, 3.05) is 10.6 Å². The SMILES string of the molecule is CCCCCCCc1ccc(Nc2cc(Oc3ccc(C4CCC(CCCC)CC4)cc3)c(O)c3c2C(=O)c2c(O)c(Oc4ccc(C5CCC(CCCC)CC5)cc4)cc(Nc4ccc(F)cc4)c2C3=O)cc1. The number of ketones is 2. The Balaban J connectivity index is 1.05. The zero-order valence-electron chi connectivity index (χ0n) is 43.7. The molecule has 0 unspecified atom stereocenters. The molecule has 6 aromatic rings. The number of fused-ring (bicyclic) bond motifs is 2. The summed E-state index contributed by atoms with van der Waals surface area (Å²) < 4.78 is 27.1. The molecule has 0 heterocycles. The Morgan fingerprint density at radius 1 is 0.486 bits per heavy atom. The van der Waals surface area contributed by atoms with Gasteiger partial charge < -0.3 is 30.3 Å². The summed E-state index contributed by atoms with van der Waals surface area (Å²) in [5.74, 6) is 0.464. The highest BCUT2D eigenvalue weighted by Gasteiger charge is 2.41. The van der Waals surface area contributed by atoms with Crippen molar-refractivity contribution in [1.29, 1.82) is 0 Å². The Morgan fingerprint density at radius 3 is 1.31 bits per heavy atom. The number of phenolic OH excluding ortho intramolecular Hbond substituents is 2. The fourth-order valence-corrected chi connectivity index (χ4v) is 11.8. The Hall–Kier alpha value is -6.61. The lowest BCUT2D eigenvalue weighted by Gasteiger charge is -2.29. The van der Waals surface area contributed by atoms with E-state index in [4.69, 9.17) is 9.47 Å². The fraction of sp³-hybridized carbons (Fsp3) is 0.415. The van der Waals surface area contributed by atoms with Crippen molar-refractivity contribution in [3.05, 3.63) is 154 Å². The topological polar surface area (TPSA) is 117 Å². The predicted molar refractivity (Wildman–Crippen MR) is 296 cm³/mol. The first-order valence-corrected chi connectivity index (χ1v) is 27.9. The first-order chi connectivity index (χ1) is 36.1. The van der Waals surface area contributed by atoms with Gasteiger partial charge in [-0.1, -0.05) is 121 Å². The van der Waals surface area contributed by atoms with Gasteiger partial charge in [0.2, 0.25) is 11.6 Å². The first-order valence-electron chi connectivity index (χ1n) is 27.9. The van der Waals surface area contributed by atoms with Crippen LogP contribution in [0.15, 0.2) is 109 Å². The van der Waals surface area contributed by atoms with Crippen molar-refractivity contribution in [1.82, 2.24) is 0 Å². The Morgan fingerprint density at radius 2 is 0.892 bits per heavy atom. The van der Waals surface area contributed by atoms with Crippen LogP contribution in [0.2, 0.25) is 0 Å². The van der Waals surface area contributed by atoms with Gasteiger partial charge in [-0.05, 0) is 165 Å². The summed E-state index contributed by atoms with van der Waals surface area (Å²) >= 11 is 0. The van der Waals surface area contributed by atoms with Crippen LogP contribution < -0.4 is 20.1 Å². The number of benzene rings is 6. The molecule has 6 aromatic carbocycles. The minimum absolute atomic E-state index is 0.0195. The maximum Gasteiger partial charge on any atom is 0.200 e. The predicted octanol–water partition coefficient (Wildman–Crippen LogP) is 18.5. The summed E-state index contributed by atoms with van der Waals surface area (Å²) in [5, 5.41) is 31.0. The molecule has 8 nitrogen and oxygen atoms in total. The van der Waals surface area contributed by atoms with Gasteiger partial charge in [0.25, 0.3) is 0 Å². The highest BCUT2D eigenvalue weighted by Crippen LogP contribution is 2.51. The van der Waals surface area contributed by atoms with Crippen molar-refractivity contribution < 1.29 is 33.7 Å². The summed E-state index contributed by atoms with van der Waals surface area (Å²) in [4.78, 5) is 30.6. The second-order valence-corrected chi connectivity index (χ2v) is 21.4. The van der Waals surface area contributed by atoms with Crippen LogP contribution in [0.1, 0.15) is 203 Å². The summed E-state index contributed by atoms with van der Waals surface area (Å²) in [6.07, 6.45) is 24.0. The van der Waals surface area contributed by atoms with Crippen molar-refractivity contribution in [3.8, 4) is 34.5 Å². The van der Waals surface area contributed by atoms with Gasteiger partial charge in [-0.15, -0.1) is 0 Å². The third-order valence-electron chi connectivity index (χ3n) is 16.1. The number of phenols is 2. The highest BCUT2D eigenvalue weighted by atomic mass is 19.1. The van der Waals surface area contributed by atoms with Gasteiger partial charge in [-0.25, -0.2) is 4.39 Å². The van der Waals surface area contributed by atoms with E-state index in [0.29, 0.717) is 34.7 Å². The number of nitrogens with one attached hydrogen (secondary N) is 2. The molecule has 0 spiro atoms. The Kier molecular flexibility index (Phi) is 17.4. The summed E-state index contributed by atoms with van der Waals surface area (Å²) in [6, 6.07) is 32.5. The Labute approximate surface area is 438 Å². The van der Waals surface area contributed by atoms with Gasteiger partial charge in [-0.3, -0.25) is 9.59 Å². The standard InChI is InChI=1S/C65H75FN2O6/c1-4-7-10-11-12-15-44-20-32-50(33-21-44)67-54-40-56(73-52-36-26-47(27-37-52)45-22-16-42(17-23-45)13-8-5-2)62(69)60-58(54)64(71)61-59(65(60)72)55(68-51-34-30-49(66)31-35-51)41-57(63(61)70)74-53-38-28-48(29-39-53)46-24-18-43(19-25-46)14-9-6-3/h20-21,26-43,45-46,67-70H,4-19,22-25H2,1-3H3. The van der Waals surface area contributed by atoms with Crippen molar-refractivity contribution in [2.45, 2.75) is 161 Å². The second-order valence-electron chi connectivity index (χ2n) is 21.4. The maximum atomic E-state index is 15.3. The molecule has 2 saturated carbocycles. The van der Waals surface area contributed by atoms with Crippen LogP contribution in [-0.2, 0) is 6.42 Å². The van der Waals surface area contributed by atoms with E-state index in [9.17, 15) is 14.6 Å². The zero-order valence-corrected chi connectivity index (χ0v) is 43.7. The van der Waals surface area contributed by atoms with Crippen LogP contribution >= 0.6 is 0 Å². The van der Waals surface area contributed by atoms with Gasteiger partial charge in [0.05, 0.1) is 33.6 Å². The van der Waals surface area contributed by atoms with Gasteiger partial charge >= 0.3 is 0 Å². The number of anilines is 4. The largest absolute Gasteiger partial charge is 0.504 e. The number of unbranched alkanes of at least 4 members (excludes halogenated alkanes) is 6. The molecule has 9 rings (SSSR count). The van der Waals surface area contributed by atoms with Gasteiger partial charge in [0.1, 0.15) is 17.3 Å². The lowest BCUT2D eigenvalue weighted by atomic mass is 9.77. The molecule has 0 atom stereocenters. The van der Waals surface area contributed by atoms with E-state index in [2.05, 4.69) is 67.8 Å². The molecule has 0 amide bonds. The average molecular weight is 999 g/mol. The molecule has 9 heteroatoms. The molecule has 0 saturated heterocycles. The average Bonchev–Trinajstić information content (AvgIpc) is 3.44. The third-order valence-corrected chi connectivity index (χ3v) is 16.1. The molecule has 74 heavy (non-hydrogen) atoms. The number of hydrogen-bond donors (Lipinski definition) is 4. The summed E-state index contributed by atoms with van der Waals surface area (Å²) in [6.45, 7) is 6.72. The van der Waals surface area contributed by atoms with Crippen LogP contribution in [0.5, 0.6) is 34.5 Å². The van der Waals surface area contributed by atoms with E-state index in [0.717, 1.165) is 50.4 Å². The molecule has 388 valence electrons. The number of halogens is 1. The third kappa shape index (κ3) is 12.3. The number of hydrogen-bond acceptors (Lipinski definition) is 8. The zero-order chi connectivity index (χ0) is 51.6. The number of carbonyl (C=O) groups excluding carboxylic acids is 2. The first kappa shape index (κ1) is 52.3. The van der Waals surface area contributed by atoms with Crippen molar-refractivity contribution >= 4 is 34.3 Å². The minimum Gasteiger partial charge on any atom is -0.504 e. The fourth-order valence-electron chi connectivity index (χ4n) is 11.8. The van der Waals surface area contributed by atoms with Crippen molar-refractivity contribution in [2.24, 2.45) is 11.8 Å². The smallest absolute Gasteiger partial charge is 0.200 e. The molecule has 0 aliphatic heterocycles. The van der Waals surface area contributed by atoms with Crippen molar-refractivity contribution in [3.63, 3.8) is 0 Å². The van der Waals surface area contributed by atoms with Crippen LogP contribution in [-0.4, -0.2) is 21.8 Å². The second kappa shape index (κ2) is 24.6. The van der Waals surface area contributed by atoms with E-state index in [1.165, 1.54) is 137 Å². The molecule has 3 aliphatic carbocycles. The van der Waals surface area contributed by atoms with Crippen LogP contribution in [0, 0.1) is 17.7 Å². The van der Waals surface area contributed by atoms with Gasteiger partial charge in [-0.2, -0.15) is 0 Å². The monoisotopic (exact) mass is 999 g/mol. The lowest BCUT2D eigenvalue weighted by Crippen LogP contribution is -2.24. The minimum atomic E-state index is -0.718. The number of rotatable bonds is 22. The van der Waals surface area contributed by atoms with Crippen LogP contribution in [0.3, 0.4) is 0 Å². The molecule has 2 fully saturated rings. The van der Waals surface area contributed by atoms with Crippen LogP contribution in [0.25, 0.3) is 0 Å². The highest BCUT2D eigenvalue weighted by molar-refractivity contribution is 6.34. The van der Waals surface area contributed by atoms with E-state index in [1.807, 2.05) is 36.4 Å². The number of carbonyl (C=O) groups is 2. The lowest BCUT2D eigenvalue weighted by molar-refractivity contribution is 0.0974. The normalized spacial score (nSPS) is 18.4. The van der Waals surface area contributed by atoms with Crippen LogP contribution in [0.4, 0.5) is 27.1 Å². The Bertz CT molecular complexity index is 2840. The van der Waals surface area contributed by atoms with E-state index in [1.54, 1.807) is 6.07 Å². The van der Waals surface area contributed by atoms with Gasteiger partial charge in [0.15, 0.2) is 23.0 Å². The van der Waals surface area contributed by atoms with Gasteiger partial charge in [0, 0.05) is 23.5 Å². The summed E-state index contributed by atoms with van der Waals surface area (Å²) in [7, 11) is 0. The molecule has 0 bridgehead atoms. The molecule has 3 aliphatic rings. The quantitative estimate of drug-likeness (QED) is 0.0392. The molecule has 0 radical (unpaired) electrons. The number of aromatic hydroxyl groups is 2. The van der Waals surface area contributed by atoms with E-state index >= 15 is 9.59 Å². The molecule has 0 aromatic heterocycles. The number of aryl methyl sites for hydroxylation is 1. The van der Waals surface area contributed by atoms with E-state index < -0.39 is 28.9 Å².